The van der Waals surface area contributed by atoms with E-state index >= 15 is 0 Å². The van der Waals surface area contributed by atoms with Gasteiger partial charge in [-0.3, -0.25) is 14.6 Å². The molecule has 0 saturated carbocycles. The van der Waals surface area contributed by atoms with Gasteiger partial charge in [0.05, 0.1) is 0 Å². The first-order chi connectivity index (χ1) is 15.6. The molecule has 3 aromatic heterocycles. The van der Waals surface area contributed by atoms with Crippen molar-refractivity contribution in [3.05, 3.63) is 99.4 Å². The van der Waals surface area contributed by atoms with Crippen LogP contribution < -0.4 is 10.6 Å². The Balaban J connectivity index is 1.56. The van der Waals surface area contributed by atoms with Crippen LogP contribution in [0, 0.1) is 0 Å². The van der Waals surface area contributed by atoms with Crippen molar-refractivity contribution >= 4 is 28.8 Å². The van der Waals surface area contributed by atoms with Crippen LogP contribution in [-0.2, 0) is 9.59 Å². The van der Waals surface area contributed by atoms with Gasteiger partial charge in [-0.1, -0.05) is 18.2 Å². The minimum Gasteiger partial charge on any atom is -0.362 e. The van der Waals surface area contributed by atoms with Gasteiger partial charge in [-0.05, 0) is 48.6 Å². The number of carbonyl (C=O) groups excluding carboxylic acids is 2. The number of hydrogen-bond donors (Lipinski definition) is 2. The van der Waals surface area contributed by atoms with Gasteiger partial charge in [-0.15, -0.1) is 11.3 Å². The molecule has 0 fully saturated rings. The van der Waals surface area contributed by atoms with E-state index < -0.39 is 5.92 Å². The van der Waals surface area contributed by atoms with Crippen LogP contribution in [0.3, 0.4) is 0 Å². The fourth-order valence-corrected chi connectivity index (χ4v) is 5.40. The van der Waals surface area contributed by atoms with Crippen molar-refractivity contribution in [2.24, 2.45) is 0 Å². The predicted octanol–water partition coefficient (Wildman–Crippen LogP) is 4.54. The van der Waals surface area contributed by atoms with Gasteiger partial charge in [-0.2, -0.15) is 0 Å². The topological polar surface area (TPSA) is 84.0 Å². The Kier molecular flexibility index (Phi) is 5.41. The van der Waals surface area contributed by atoms with Gasteiger partial charge in [-0.25, -0.2) is 4.98 Å². The van der Waals surface area contributed by atoms with Crippen LogP contribution in [0.5, 0.6) is 0 Å². The number of ketones is 1. The number of Topliss-reactive ketones (excluding diaryl/α,β-unsaturated/α-hetero) is 1. The Bertz CT molecular complexity index is 1220. The van der Waals surface area contributed by atoms with Crippen molar-refractivity contribution in [2.45, 2.75) is 31.6 Å². The zero-order valence-corrected chi connectivity index (χ0v) is 18.4. The molecular formula is C25H22N4O2S. The van der Waals surface area contributed by atoms with Crippen LogP contribution in [0.15, 0.2) is 89.0 Å². The monoisotopic (exact) mass is 442 g/mol. The van der Waals surface area contributed by atoms with Gasteiger partial charge in [0.15, 0.2) is 5.78 Å². The highest BCUT2D eigenvalue weighted by molar-refractivity contribution is 7.10. The second kappa shape index (κ2) is 8.51. The number of nitrogens with zero attached hydrogens (tertiary/aromatic N) is 2. The van der Waals surface area contributed by atoms with Crippen molar-refractivity contribution in [2.75, 3.05) is 5.32 Å². The average molecular weight is 443 g/mol. The molecule has 4 heterocycles. The van der Waals surface area contributed by atoms with E-state index in [2.05, 4.69) is 26.7 Å². The van der Waals surface area contributed by atoms with Crippen LogP contribution in [-0.4, -0.2) is 21.7 Å². The van der Waals surface area contributed by atoms with Gasteiger partial charge >= 0.3 is 0 Å². The molecule has 0 radical (unpaired) electrons. The quantitative estimate of drug-likeness (QED) is 0.620. The first-order valence-corrected chi connectivity index (χ1v) is 11.4. The highest BCUT2D eigenvalue weighted by Crippen LogP contribution is 2.46. The molecule has 2 atom stereocenters. The lowest BCUT2D eigenvalue weighted by atomic mass is 9.73. The van der Waals surface area contributed by atoms with Crippen LogP contribution in [0.4, 0.5) is 5.82 Å². The highest BCUT2D eigenvalue weighted by atomic mass is 32.1. The zero-order chi connectivity index (χ0) is 22.1. The predicted molar refractivity (Wildman–Crippen MR) is 124 cm³/mol. The summed E-state index contributed by atoms with van der Waals surface area (Å²) in [6.45, 7) is 1.89. The number of rotatable bonds is 4. The molecule has 2 N–H and O–H groups in total. The van der Waals surface area contributed by atoms with Crippen molar-refractivity contribution in [1.29, 1.82) is 0 Å². The molecule has 32 heavy (non-hydrogen) atoms. The molecule has 2 aliphatic rings. The average Bonchev–Trinajstić information content (AvgIpc) is 3.34. The Morgan fingerprint density at radius 3 is 2.75 bits per heavy atom. The third-order valence-corrected chi connectivity index (χ3v) is 6.98. The molecule has 0 aromatic carbocycles. The summed E-state index contributed by atoms with van der Waals surface area (Å²) < 4.78 is 0. The maximum absolute atomic E-state index is 13.5. The minimum atomic E-state index is -0.472. The second-order valence-electron chi connectivity index (χ2n) is 7.99. The Labute approximate surface area is 190 Å². The molecule has 5 rings (SSSR count). The van der Waals surface area contributed by atoms with E-state index in [4.69, 9.17) is 0 Å². The molecule has 1 aliphatic heterocycles. The van der Waals surface area contributed by atoms with E-state index in [-0.39, 0.29) is 17.6 Å². The second-order valence-corrected chi connectivity index (χ2v) is 8.97. The lowest BCUT2D eigenvalue weighted by Gasteiger charge is -2.36. The molecular weight excluding hydrogens is 420 g/mol. The van der Waals surface area contributed by atoms with Crippen LogP contribution in [0.1, 0.15) is 42.0 Å². The first kappa shape index (κ1) is 20.3. The number of aromatic nitrogens is 2. The molecule has 160 valence electrons. The van der Waals surface area contributed by atoms with E-state index in [1.807, 2.05) is 36.6 Å². The van der Waals surface area contributed by atoms with E-state index in [0.717, 1.165) is 23.4 Å². The fourth-order valence-electron chi connectivity index (χ4n) is 4.57. The van der Waals surface area contributed by atoms with Gasteiger partial charge < -0.3 is 10.6 Å². The van der Waals surface area contributed by atoms with Gasteiger partial charge in [0.25, 0.3) is 5.91 Å². The number of dihydropyridines is 1. The highest BCUT2D eigenvalue weighted by Gasteiger charge is 2.41. The summed E-state index contributed by atoms with van der Waals surface area (Å²) in [4.78, 5) is 36.5. The third kappa shape index (κ3) is 3.76. The Hall–Kier alpha value is -3.58. The van der Waals surface area contributed by atoms with E-state index in [1.54, 1.807) is 42.1 Å². The van der Waals surface area contributed by atoms with Crippen LogP contribution in [0.2, 0.25) is 0 Å². The van der Waals surface area contributed by atoms with Crippen LogP contribution >= 0.6 is 11.3 Å². The lowest BCUT2D eigenvalue weighted by Crippen LogP contribution is -2.37. The Morgan fingerprint density at radius 2 is 2.03 bits per heavy atom. The SMILES string of the molecule is CC1=C(C(=O)Nc2ccccn2)[C@@H](c2cccnc2)C2=C(C[C@@H](c3cccs3)CC2=O)N1. The zero-order valence-electron chi connectivity index (χ0n) is 17.5. The molecule has 0 saturated heterocycles. The summed E-state index contributed by atoms with van der Waals surface area (Å²) >= 11 is 1.68. The molecule has 6 nitrogen and oxygen atoms in total. The normalized spacial score (nSPS) is 20.6. The van der Waals surface area contributed by atoms with Crippen molar-refractivity contribution in [3.8, 4) is 0 Å². The summed E-state index contributed by atoms with van der Waals surface area (Å²) in [5.74, 6) is -0.0559. The van der Waals surface area contributed by atoms with Crippen molar-refractivity contribution in [3.63, 3.8) is 0 Å². The molecule has 7 heteroatoms. The molecule has 0 spiro atoms. The molecule has 3 aromatic rings. The number of allylic oxidation sites excluding steroid dienone is 3. The van der Waals surface area contributed by atoms with Gasteiger partial charge in [0.1, 0.15) is 5.82 Å². The molecule has 0 bridgehead atoms. The summed E-state index contributed by atoms with van der Waals surface area (Å²) in [5, 5.41) is 8.32. The third-order valence-electron chi connectivity index (χ3n) is 5.94. The number of anilines is 1. The Morgan fingerprint density at radius 1 is 1.12 bits per heavy atom. The lowest BCUT2D eigenvalue weighted by molar-refractivity contribution is -0.116. The molecule has 1 amide bonds. The van der Waals surface area contributed by atoms with Crippen LogP contribution in [0.25, 0.3) is 0 Å². The summed E-state index contributed by atoms with van der Waals surface area (Å²) in [6, 6.07) is 13.2. The number of nitrogens with one attached hydrogen (secondary N) is 2. The summed E-state index contributed by atoms with van der Waals surface area (Å²) in [5.41, 5.74) is 3.66. The number of thiophene rings is 1. The summed E-state index contributed by atoms with van der Waals surface area (Å²) in [7, 11) is 0. The van der Waals surface area contributed by atoms with Crippen molar-refractivity contribution in [1.82, 2.24) is 15.3 Å². The summed E-state index contributed by atoms with van der Waals surface area (Å²) in [6.07, 6.45) is 6.24. The van der Waals surface area contributed by atoms with E-state index in [9.17, 15) is 9.59 Å². The standard InChI is InChI=1S/C25H22N4O2S/c1-15-22(25(31)29-21-8-2-3-10-27-21)23(16-6-4-9-26-14-16)24-18(28-15)12-17(13-19(24)30)20-7-5-11-32-20/h2-11,14,17,23,28H,12-13H2,1H3,(H,27,29,31)/t17-,23-/m1/s1. The van der Waals surface area contributed by atoms with E-state index in [0.29, 0.717) is 23.4 Å². The number of carbonyl (C=O) groups is 2. The maximum atomic E-state index is 13.5. The fraction of sp³-hybridized carbons (Fsp3) is 0.200. The van der Waals surface area contributed by atoms with Crippen molar-refractivity contribution < 1.29 is 9.59 Å². The number of amides is 1. The van der Waals surface area contributed by atoms with Gasteiger partial charge in [0.2, 0.25) is 0 Å². The maximum Gasteiger partial charge on any atom is 0.255 e. The van der Waals surface area contributed by atoms with E-state index in [1.165, 1.54) is 4.88 Å². The smallest absolute Gasteiger partial charge is 0.255 e. The minimum absolute atomic E-state index is 0.0710. The number of pyridine rings is 2. The number of hydrogen-bond acceptors (Lipinski definition) is 6. The first-order valence-electron chi connectivity index (χ1n) is 10.5. The molecule has 0 unspecified atom stereocenters. The largest absolute Gasteiger partial charge is 0.362 e. The molecule has 1 aliphatic carbocycles. The van der Waals surface area contributed by atoms with Gasteiger partial charge in [0, 0.05) is 64.3 Å².